The standard InChI is InChI=1S/C22H23IO6S.C20H20O4S/c1-17(24)29-15-9-8-14-22(21(25)28-2,16-18-10-6-7-13-20(18)23)30(26,27)19-11-4-3-5-12-19;1-3-15-13-20(19(21)24-2,14-16-9-7-8-12-18(15)16)25(22,23)17-10-5-4-6-11-17/h3-13H,14-16H2,1-2H3;3-12,15H,1,13-14H2,2H3/b9-8-;. The number of fused-ring (bicyclic) bond motifs is 1. The Hall–Kier alpha value is -4.60. The second-order valence-corrected chi connectivity index (χ2v) is 18.5. The van der Waals surface area contributed by atoms with Crippen molar-refractivity contribution in [1.29, 1.82) is 0 Å². The minimum atomic E-state index is -4.13. The first-order chi connectivity index (χ1) is 26.2. The van der Waals surface area contributed by atoms with Crippen LogP contribution in [0.25, 0.3) is 0 Å². The Morgan fingerprint density at radius 3 is 1.98 bits per heavy atom. The summed E-state index contributed by atoms with van der Waals surface area (Å²) in [5.41, 5.74) is 2.57. The molecule has 10 nitrogen and oxygen atoms in total. The van der Waals surface area contributed by atoms with E-state index in [0.717, 1.165) is 20.3 Å². The van der Waals surface area contributed by atoms with Crippen molar-refractivity contribution in [1.82, 2.24) is 0 Å². The minimum Gasteiger partial charge on any atom is -0.468 e. The van der Waals surface area contributed by atoms with Crippen LogP contribution in [0.5, 0.6) is 0 Å². The normalized spacial score (nSPS) is 17.7. The largest absolute Gasteiger partial charge is 0.468 e. The van der Waals surface area contributed by atoms with Gasteiger partial charge in [-0.15, -0.1) is 6.58 Å². The number of methoxy groups -OCH3 is 2. The Kier molecular flexibility index (Phi) is 14.8. The maximum Gasteiger partial charge on any atom is 0.328 e. The van der Waals surface area contributed by atoms with Gasteiger partial charge in [-0.3, -0.25) is 14.4 Å². The minimum absolute atomic E-state index is 0.0131. The third-order valence-electron chi connectivity index (χ3n) is 9.45. The zero-order valence-electron chi connectivity index (χ0n) is 30.7. The van der Waals surface area contributed by atoms with Gasteiger partial charge in [0.25, 0.3) is 0 Å². The highest BCUT2D eigenvalue weighted by atomic mass is 127. The Morgan fingerprint density at radius 1 is 0.818 bits per heavy atom. The zero-order chi connectivity index (χ0) is 40.3. The molecule has 0 aliphatic heterocycles. The van der Waals surface area contributed by atoms with E-state index in [9.17, 15) is 31.2 Å². The third-order valence-corrected chi connectivity index (χ3v) is 15.3. The van der Waals surface area contributed by atoms with E-state index in [0.29, 0.717) is 0 Å². The highest BCUT2D eigenvalue weighted by molar-refractivity contribution is 14.1. The van der Waals surface area contributed by atoms with Crippen LogP contribution in [0.15, 0.2) is 144 Å². The SMILES string of the molecule is C=CC1CC(C(=O)OC)(S(=O)(=O)c2ccccc2)Cc2ccccc21.COC(=O)C(C/C=C\COC(C)=O)(Cc1ccccc1I)S(=O)(=O)c1ccccc1. The molecule has 1 aliphatic rings. The summed E-state index contributed by atoms with van der Waals surface area (Å²) in [6.07, 6.45) is 4.79. The second-order valence-electron chi connectivity index (χ2n) is 12.8. The molecule has 1 aliphatic carbocycles. The van der Waals surface area contributed by atoms with Crippen LogP contribution in [0.3, 0.4) is 0 Å². The number of rotatable bonds is 13. The van der Waals surface area contributed by atoms with E-state index < -0.39 is 47.1 Å². The van der Waals surface area contributed by atoms with Crippen molar-refractivity contribution in [2.24, 2.45) is 0 Å². The van der Waals surface area contributed by atoms with Crippen LogP contribution in [0, 0.1) is 3.57 Å². The van der Waals surface area contributed by atoms with Gasteiger partial charge in [-0.2, -0.15) is 0 Å². The molecule has 0 fully saturated rings. The fraction of sp³-hybridized carbons (Fsp3) is 0.262. The fourth-order valence-corrected chi connectivity index (χ4v) is 11.1. The number of carbonyl (C=O) groups excluding carboxylic acids is 3. The number of carbonyl (C=O) groups is 3. The first-order valence-corrected chi connectivity index (χ1v) is 21.2. The van der Waals surface area contributed by atoms with Crippen molar-refractivity contribution in [3.8, 4) is 0 Å². The first-order valence-electron chi connectivity index (χ1n) is 17.2. The molecule has 3 unspecified atom stereocenters. The third kappa shape index (κ3) is 9.27. The smallest absolute Gasteiger partial charge is 0.328 e. The van der Waals surface area contributed by atoms with E-state index in [1.54, 1.807) is 54.6 Å². The van der Waals surface area contributed by atoms with Crippen LogP contribution in [0.2, 0.25) is 0 Å². The van der Waals surface area contributed by atoms with Crippen LogP contribution in [-0.4, -0.2) is 65.1 Å². The number of hydrogen-bond acceptors (Lipinski definition) is 10. The topological polar surface area (TPSA) is 147 Å². The molecular formula is C42H43IO10S2. The molecule has 55 heavy (non-hydrogen) atoms. The van der Waals surface area contributed by atoms with Crippen molar-refractivity contribution >= 4 is 60.2 Å². The van der Waals surface area contributed by atoms with Crippen molar-refractivity contribution < 1.29 is 45.4 Å². The van der Waals surface area contributed by atoms with Gasteiger partial charge < -0.3 is 14.2 Å². The molecule has 0 amide bonds. The summed E-state index contributed by atoms with van der Waals surface area (Å²) in [4.78, 5) is 36.9. The van der Waals surface area contributed by atoms with Gasteiger partial charge in [-0.1, -0.05) is 97.1 Å². The molecule has 13 heteroatoms. The number of hydrogen-bond donors (Lipinski definition) is 0. The van der Waals surface area contributed by atoms with Crippen molar-refractivity contribution in [2.75, 3.05) is 20.8 Å². The molecule has 4 aromatic carbocycles. The lowest BCUT2D eigenvalue weighted by Crippen LogP contribution is -2.52. The van der Waals surface area contributed by atoms with Crippen LogP contribution in [0.1, 0.15) is 42.4 Å². The molecule has 0 bridgehead atoms. The number of halogens is 1. The summed E-state index contributed by atoms with van der Waals surface area (Å²) < 4.78 is 66.4. The molecule has 0 spiro atoms. The van der Waals surface area contributed by atoms with Gasteiger partial charge in [0.1, 0.15) is 6.61 Å². The fourth-order valence-electron chi connectivity index (χ4n) is 6.60. The Labute approximate surface area is 336 Å². The van der Waals surface area contributed by atoms with Crippen molar-refractivity contribution in [3.63, 3.8) is 0 Å². The van der Waals surface area contributed by atoms with E-state index in [1.807, 2.05) is 36.4 Å². The van der Waals surface area contributed by atoms with E-state index in [-0.39, 0.29) is 48.0 Å². The molecule has 5 rings (SSSR count). The molecule has 0 saturated heterocycles. The maximum absolute atomic E-state index is 13.7. The first kappa shape index (κ1) is 43.1. The lowest BCUT2D eigenvalue weighted by atomic mass is 9.76. The molecule has 4 aromatic rings. The molecule has 3 atom stereocenters. The predicted molar refractivity (Wildman–Crippen MR) is 218 cm³/mol. The van der Waals surface area contributed by atoms with E-state index in [1.165, 1.54) is 57.6 Å². The zero-order valence-corrected chi connectivity index (χ0v) is 34.5. The average Bonchev–Trinajstić information content (AvgIpc) is 3.20. The number of allylic oxidation sites excluding steroid dienone is 2. The quantitative estimate of drug-likeness (QED) is 0.0594. The number of sulfone groups is 2. The Bertz CT molecular complexity index is 2240. The van der Waals surface area contributed by atoms with Gasteiger partial charge in [-0.25, -0.2) is 16.8 Å². The number of ether oxygens (including phenoxy) is 3. The Morgan fingerprint density at radius 2 is 1.40 bits per heavy atom. The van der Waals surface area contributed by atoms with Crippen molar-refractivity contribution in [2.45, 2.75) is 57.8 Å². The van der Waals surface area contributed by atoms with Gasteiger partial charge >= 0.3 is 17.9 Å². The summed E-state index contributed by atoms with van der Waals surface area (Å²) in [7, 11) is -5.67. The van der Waals surface area contributed by atoms with Crippen LogP contribution in [0.4, 0.5) is 0 Å². The van der Waals surface area contributed by atoms with Crippen molar-refractivity contribution in [3.05, 3.63) is 154 Å². The molecule has 0 radical (unpaired) electrons. The summed E-state index contributed by atoms with van der Waals surface area (Å²) in [6, 6.07) is 30.8. The number of benzene rings is 4. The molecule has 0 aromatic heterocycles. The summed E-state index contributed by atoms with van der Waals surface area (Å²) in [5, 5.41) is 0. The monoisotopic (exact) mass is 898 g/mol. The average molecular weight is 899 g/mol. The van der Waals surface area contributed by atoms with Crippen LogP contribution in [-0.2, 0) is 61.1 Å². The van der Waals surface area contributed by atoms with Crippen LogP contribution >= 0.6 is 22.6 Å². The molecule has 0 saturated carbocycles. The highest BCUT2D eigenvalue weighted by Gasteiger charge is 2.56. The van der Waals surface area contributed by atoms with Gasteiger partial charge in [0.2, 0.25) is 0 Å². The lowest BCUT2D eigenvalue weighted by molar-refractivity contribution is -0.144. The predicted octanol–water partition coefficient (Wildman–Crippen LogP) is 7.02. The van der Waals surface area contributed by atoms with Gasteiger partial charge in [0.05, 0.1) is 24.0 Å². The molecule has 0 heterocycles. The lowest BCUT2D eigenvalue weighted by Gasteiger charge is -2.38. The van der Waals surface area contributed by atoms with E-state index in [4.69, 9.17) is 14.2 Å². The van der Waals surface area contributed by atoms with E-state index in [2.05, 4.69) is 29.2 Å². The number of esters is 3. The summed E-state index contributed by atoms with van der Waals surface area (Å²) >= 11 is 2.11. The van der Waals surface area contributed by atoms with E-state index >= 15 is 0 Å². The summed E-state index contributed by atoms with van der Waals surface area (Å²) in [6.45, 7) is 5.11. The van der Waals surface area contributed by atoms with Gasteiger partial charge in [0.15, 0.2) is 29.2 Å². The van der Waals surface area contributed by atoms with Gasteiger partial charge in [0, 0.05) is 29.3 Å². The molecule has 0 N–H and O–H groups in total. The Balaban J connectivity index is 0.000000248. The van der Waals surface area contributed by atoms with Crippen LogP contribution < -0.4 is 0 Å². The summed E-state index contributed by atoms with van der Waals surface area (Å²) in [5.74, 6) is -2.25. The molecular weight excluding hydrogens is 855 g/mol. The second kappa shape index (κ2) is 18.8. The van der Waals surface area contributed by atoms with Gasteiger partial charge in [-0.05, 0) is 82.5 Å². The maximum atomic E-state index is 13.7. The molecule has 290 valence electrons. The highest BCUT2D eigenvalue weighted by Crippen LogP contribution is 2.45.